The summed E-state index contributed by atoms with van der Waals surface area (Å²) in [5.74, 6) is 0. The zero-order chi connectivity index (χ0) is 7.21. The standard InChI is InChI=1S/C2H6O.2Na.H2O4S/c1-3-2;;;1-5(2,3)4/h1-2H3;;;(H2,1,2,3,4)/q;2*+1;/p-2. The second kappa shape index (κ2) is 13.4. The van der Waals surface area contributed by atoms with Crippen molar-refractivity contribution in [2.45, 2.75) is 0 Å². The molecule has 0 aliphatic rings. The molecule has 0 saturated heterocycles. The topological polar surface area (TPSA) is 89.5 Å². The first-order chi connectivity index (χ1) is 3.41. The van der Waals surface area contributed by atoms with Gasteiger partial charge in [0.1, 0.15) is 0 Å². The van der Waals surface area contributed by atoms with Gasteiger partial charge in [0.15, 0.2) is 0 Å². The Kier molecular flexibility index (Phi) is 30.4. The third-order valence-corrected chi connectivity index (χ3v) is 0. The maximum absolute atomic E-state index is 8.52. The molecular weight excluding hydrogens is 182 g/mol. The average molecular weight is 188 g/mol. The van der Waals surface area contributed by atoms with Gasteiger partial charge in [0.25, 0.3) is 0 Å². The van der Waals surface area contributed by atoms with Gasteiger partial charge in [-0.25, -0.2) is 0 Å². The number of rotatable bonds is 0. The van der Waals surface area contributed by atoms with E-state index in [-0.39, 0.29) is 59.1 Å². The molecule has 0 N–H and O–H groups in total. The van der Waals surface area contributed by atoms with Crippen LogP contribution in [-0.4, -0.2) is 31.7 Å². The molecule has 0 amide bonds. The fourth-order valence-electron chi connectivity index (χ4n) is 0. The van der Waals surface area contributed by atoms with Gasteiger partial charge in [-0.3, -0.25) is 8.42 Å². The quantitative estimate of drug-likeness (QED) is 0.214. The Morgan fingerprint density at radius 1 is 1.10 bits per heavy atom. The van der Waals surface area contributed by atoms with Crippen molar-refractivity contribution in [3.63, 3.8) is 0 Å². The zero-order valence-corrected chi connectivity index (χ0v) is 11.3. The molecular formula is C2H6Na2O5S. The van der Waals surface area contributed by atoms with Crippen molar-refractivity contribution in [3.05, 3.63) is 0 Å². The Morgan fingerprint density at radius 3 is 1.10 bits per heavy atom. The minimum absolute atomic E-state index is 0. The van der Waals surface area contributed by atoms with Crippen LogP contribution in [0.1, 0.15) is 0 Å². The van der Waals surface area contributed by atoms with Crippen LogP contribution in [0.3, 0.4) is 0 Å². The van der Waals surface area contributed by atoms with Crippen LogP contribution >= 0.6 is 0 Å². The van der Waals surface area contributed by atoms with Gasteiger partial charge in [-0.05, 0) is 0 Å². The van der Waals surface area contributed by atoms with Crippen molar-refractivity contribution >= 4 is 10.4 Å². The fourth-order valence-corrected chi connectivity index (χ4v) is 0. The van der Waals surface area contributed by atoms with Crippen LogP contribution in [0, 0.1) is 0 Å². The third-order valence-electron chi connectivity index (χ3n) is 0. The van der Waals surface area contributed by atoms with E-state index in [1.54, 1.807) is 14.2 Å². The Bertz CT molecular complexity index is 112. The summed E-state index contributed by atoms with van der Waals surface area (Å²) in [6.45, 7) is 0. The van der Waals surface area contributed by atoms with E-state index < -0.39 is 10.4 Å². The van der Waals surface area contributed by atoms with Crippen molar-refractivity contribution in [1.82, 2.24) is 0 Å². The molecule has 0 unspecified atom stereocenters. The molecule has 0 rings (SSSR count). The molecule has 0 aromatic rings. The first-order valence-corrected chi connectivity index (χ1v) is 2.82. The smallest absolute Gasteiger partial charge is 0.759 e. The summed E-state index contributed by atoms with van der Waals surface area (Å²) in [5, 5.41) is 0. The van der Waals surface area contributed by atoms with Crippen molar-refractivity contribution in [3.8, 4) is 0 Å². The Hall–Kier alpha value is 1.83. The van der Waals surface area contributed by atoms with Crippen molar-refractivity contribution in [2.75, 3.05) is 14.2 Å². The third kappa shape index (κ3) is 229. The molecule has 0 bridgehead atoms. The van der Waals surface area contributed by atoms with Crippen molar-refractivity contribution in [1.29, 1.82) is 0 Å². The van der Waals surface area contributed by atoms with E-state index in [1.165, 1.54) is 0 Å². The molecule has 0 saturated carbocycles. The summed E-state index contributed by atoms with van der Waals surface area (Å²) >= 11 is 0. The van der Waals surface area contributed by atoms with E-state index in [1.807, 2.05) is 0 Å². The molecule has 0 aromatic carbocycles. The van der Waals surface area contributed by atoms with E-state index in [2.05, 4.69) is 4.74 Å². The minimum Gasteiger partial charge on any atom is -0.759 e. The summed E-state index contributed by atoms with van der Waals surface area (Å²) in [6, 6.07) is 0. The molecule has 0 aliphatic carbocycles. The first-order valence-electron chi connectivity index (χ1n) is 1.48. The predicted octanol–water partition coefficient (Wildman–Crippen LogP) is -7.07. The summed E-state index contributed by atoms with van der Waals surface area (Å²) in [5.41, 5.74) is 0. The van der Waals surface area contributed by atoms with Gasteiger partial charge in [0.05, 0.1) is 0 Å². The van der Waals surface area contributed by atoms with Crippen molar-refractivity contribution in [2.24, 2.45) is 0 Å². The molecule has 0 spiro atoms. The number of hydrogen-bond acceptors (Lipinski definition) is 5. The summed E-state index contributed by atoms with van der Waals surface area (Å²) in [6.07, 6.45) is 0. The van der Waals surface area contributed by atoms with Crippen LogP contribution in [0.2, 0.25) is 0 Å². The number of ether oxygens (including phenoxy) is 1. The van der Waals surface area contributed by atoms with E-state index in [4.69, 9.17) is 17.5 Å². The van der Waals surface area contributed by atoms with E-state index in [0.717, 1.165) is 0 Å². The molecule has 10 heavy (non-hydrogen) atoms. The summed E-state index contributed by atoms with van der Waals surface area (Å²) in [4.78, 5) is 0. The maximum atomic E-state index is 8.52. The second-order valence-electron chi connectivity index (χ2n) is 0.816. The molecule has 0 aliphatic heterocycles. The van der Waals surface area contributed by atoms with Gasteiger partial charge in [-0.2, -0.15) is 0 Å². The largest absolute Gasteiger partial charge is 1.00 e. The van der Waals surface area contributed by atoms with Crippen LogP contribution in [0.5, 0.6) is 0 Å². The van der Waals surface area contributed by atoms with Gasteiger partial charge in [0.2, 0.25) is 0 Å². The van der Waals surface area contributed by atoms with Gasteiger partial charge < -0.3 is 13.8 Å². The van der Waals surface area contributed by atoms with Gasteiger partial charge in [-0.15, -0.1) is 0 Å². The Balaban J connectivity index is -0.0000000326. The van der Waals surface area contributed by atoms with Crippen LogP contribution in [0.15, 0.2) is 0 Å². The van der Waals surface area contributed by atoms with Gasteiger partial charge in [-0.1, -0.05) is 0 Å². The molecule has 0 radical (unpaired) electrons. The van der Waals surface area contributed by atoms with Crippen molar-refractivity contribution < 1.29 is 81.4 Å². The molecule has 8 heteroatoms. The monoisotopic (exact) mass is 188 g/mol. The first kappa shape index (κ1) is 22.6. The van der Waals surface area contributed by atoms with Crippen LogP contribution in [0.25, 0.3) is 0 Å². The normalized spacial score (nSPS) is 7.60. The van der Waals surface area contributed by atoms with Crippen LogP contribution < -0.4 is 59.1 Å². The summed E-state index contributed by atoms with van der Waals surface area (Å²) < 4.78 is 38.3. The SMILES string of the molecule is COC.O=S(=O)([O-])[O-].[Na+].[Na+]. The maximum Gasteiger partial charge on any atom is 1.00 e. The van der Waals surface area contributed by atoms with E-state index in [9.17, 15) is 0 Å². The Labute approximate surface area is 105 Å². The second-order valence-corrected chi connectivity index (χ2v) is 1.63. The van der Waals surface area contributed by atoms with Gasteiger partial charge >= 0.3 is 59.1 Å². The van der Waals surface area contributed by atoms with E-state index >= 15 is 0 Å². The number of methoxy groups -OCH3 is 1. The van der Waals surface area contributed by atoms with Crippen LogP contribution in [-0.2, 0) is 15.1 Å². The van der Waals surface area contributed by atoms with E-state index in [0.29, 0.717) is 0 Å². The molecule has 0 atom stereocenters. The van der Waals surface area contributed by atoms with Crippen LogP contribution in [0.4, 0.5) is 0 Å². The van der Waals surface area contributed by atoms with Gasteiger partial charge in [0, 0.05) is 24.6 Å². The molecule has 0 heterocycles. The molecule has 52 valence electrons. The average Bonchev–Trinajstić information content (AvgIpc) is 1.27. The number of hydrogen-bond donors (Lipinski definition) is 0. The Morgan fingerprint density at radius 2 is 1.10 bits per heavy atom. The minimum atomic E-state index is -5.17. The fraction of sp³-hybridized carbons (Fsp3) is 1.00. The molecule has 0 aromatic heterocycles. The molecule has 0 fully saturated rings. The zero-order valence-electron chi connectivity index (χ0n) is 6.45. The summed E-state index contributed by atoms with van der Waals surface area (Å²) in [7, 11) is -1.92. The molecule has 5 nitrogen and oxygen atoms in total. The predicted molar refractivity (Wildman–Crippen MR) is 23.4 cm³/mol.